The van der Waals surface area contributed by atoms with Crippen LogP contribution in [0, 0.1) is 11.3 Å². The molecule has 0 aromatic rings. The summed E-state index contributed by atoms with van der Waals surface area (Å²) in [5.41, 5.74) is 1.74. The molecular weight excluding hydrogens is 124 g/mol. The number of nitrogens with zero attached hydrogens (tertiary/aromatic N) is 2. The zero-order valence-corrected chi connectivity index (χ0v) is 6.09. The van der Waals surface area contributed by atoms with Gasteiger partial charge in [-0.05, 0) is 12.8 Å². The van der Waals surface area contributed by atoms with Crippen LogP contribution in [0.3, 0.4) is 0 Å². The van der Waals surface area contributed by atoms with Crippen LogP contribution in [0.1, 0.15) is 26.2 Å². The molecule has 0 spiro atoms. The van der Waals surface area contributed by atoms with Gasteiger partial charge in [-0.1, -0.05) is 13.0 Å². The highest BCUT2D eigenvalue weighted by atomic mass is 14.8. The first-order valence-electron chi connectivity index (χ1n) is 3.53. The molecule has 0 atom stereocenters. The normalized spacial score (nSPS) is 17.2. The minimum atomic E-state index is 0.680. The average molecular weight is 134 g/mol. The van der Waals surface area contributed by atoms with Gasteiger partial charge in [0.05, 0.1) is 0 Å². The average Bonchev–Trinajstić information content (AvgIpc) is 2.05. The Morgan fingerprint density at radius 1 is 1.80 bits per heavy atom. The van der Waals surface area contributed by atoms with Crippen LogP contribution in [0.15, 0.2) is 16.8 Å². The van der Waals surface area contributed by atoms with Crippen molar-refractivity contribution in [1.29, 1.82) is 5.26 Å². The Morgan fingerprint density at radius 3 is 3.20 bits per heavy atom. The van der Waals surface area contributed by atoms with E-state index in [2.05, 4.69) is 24.1 Å². The van der Waals surface area contributed by atoms with E-state index in [1.54, 1.807) is 0 Å². The zero-order chi connectivity index (χ0) is 7.40. The van der Waals surface area contributed by atoms with Crippen LogP contribution in [-0.2, 0) is 0 Å². The van der Waals surface area contributed by atoms with Gasteiger partial charge in [-0.2, -0.15) is 5.26 Å². The van der Waals surface area contributed by atoms with Crippen molar-refractivity contribution in [3.05, 3.63) is 11.8 Å². The van der Waals surface area contributed by atoms with Gasteiger partial charge in [0.25, 0.3) is 0 Å². The Kier molecular flexibility index (Phi) is 2.22. The SMILES string of the molecule is CCC1=CCCC(C#N)=N1. The largest absolute Gasteiger partial charge is 0.247 e. The van der Waals surface area contributed by atoms with E-state index in [1.165, 1.54) is 0 Å². The van der Waals surface area contributed by atoms with Crippen molar-refractivity contribution in [2.45, 2.75) is 26.2 Å². The molecule has 0 N–H and O–H groups in total. The first-order valence-corrected chi connectivity index (χ1v) is 3.53. The first-order chi connectivity index (χ1) is 4.86. The van der Waals surface area contributed by atoms with Crippen molar-refractivity contribution >= 4 is 5.71 Å². The van der Waals surface area contributed by atoms with Gasteiger partial charge < -0.3 is 0 Å². The van der Waals surface area contributed by atoms with E-state index in [0.717, 1.165) is 25.0 Å². The van der Waals surface area contributed by atoms with E-state index in [9.17, 15) is 0 Å². The summed E-state index contributed by atoms with van der Waals surface area (Å²) >= 11 is 0. The summed E-state index contributed by atoms with van der Waals surface area (Å²) in [6, 6.07) is 2.08. The Morgan fingerprint density at radius 2 is 2.60 bits per heavy atom. The Hall–Kier alpha value is -1.10. The number of aliphatic imine (C=N–C) groups is 1. The number of allylic oxidation sites excluding steroid dienone is 2. The molecule has 2 nitrogen and oxygen atoms in total. The van der Waals surface area contributed by atoms with E-state index < -0.39 is 0 Å². The fraction of sp³-hybridized carbons (Fsp3) is 0.500. The molecule has 1 aliphatic rings. The van der Waals surface area contributed by atoms with E-state index >= 15 is 0 Å². The maximum absolute atomic E-state index is 8.50. The van der Waals surface area contributed by atoms with Gasteiger partial charge in [0, 0.05) is 12.1 Å². The molecule has 0 unspecified atom stereocenters. The monoisotopic (exact) mass is 134 g/mol. The third kappa shape index (κ3) is 1.44. The predicted octanol–water partition coefficient (Wildman–Crippen LogP) is 2.04. The van der Waals surface area contributed by atoms with Crippen LogP contribution in [0.2, 0.25) is 0 Å². The van der Waals surface area contributed by atoms with Crippen LogP contribution in [0.25, 0.3) is 0 Å². The molecule has 52 valence electrons. The fourth-order valence-corrected chi connectivity index (χ4v) is 0.955. The summed E-state index contributed by atoms with van der Waals surface area (Å²) in [6.45, 7) is 2.05. The molecule has 10 heavy (non-hydrogen) atoms. The number of hydrogen-bond acceptors (Lipinski definition) is 2. The molecule has 0 aromatic carbocycles. The lowest BCUT2D eigenvalue weighted by atomic mass is 10.1. The maximum atomic E-state index is 8.50. The third-order valence-electron chi connectivity index (χ3n) is 1.53. The topological polar surface area (TPSA) is 36.1 Å². The van der Waals surface area contributed by atoms with E-state index in [4.69, 9.17) is 5.26 Å². The smallest absolute Gasteiger partial charge is 0.118 e. The Bertz CT molecular complexity index is 218. The van der Waals surface area contributed by atoms with E-state index in [1.807, 2.05) is 0 Å². The van der Waals surface area contributed by atoms with Gasteiger partial charge in [-0.25, -0.2) is 4.99 Å². The molecule has 0 saturated heterocycles. The van der Waals surface area contributed by atoms with Crippen LogP contribution >= 0.6 is 0 Å². The second-order valence-electron chi connectivity index (χ2n) is 2.26. The van der Waals surface area contributed by atoms with Gasteiger partial charge in [0.1, 0.15) is 11.8 Å². The molecule has 0 aromatic heterocycles. The highest BCUT2D eigenvalue weighted by Crippen LogP contribution is 2.12. The number of rotatable bonds is 1. The molecule has 0 aliphatic carbocycles. The Labute approximate surface area is 60.9 Å². The Balaban J connectivity index is 2.73. The molecule has 0 radical (unpaired) electrons. The molecule has 0 saturated carbocycles. The summed E-state index contributed by atoms with van der Waals surface area (Å²) in [5.74, 6) is 0. The van der Waals surface area contributed by atoms with Gasteiger partial charge in [-0.3, -0.25) is 0 Å². The molecule has 0 bridgehead atoms. The quantitative estimate of drug-likeness (QED) is 0.540. The lowest BCUT2D eigenvalue weighted by Crippen LogP contribution is -1.99. The summed E-state index contributed by atoms with van der Waals surface area (Å²) in [7, 11) is 0. The van der Waals surface area contributed by atoms with Crippen molar-refractivity contribution in [2.75, 3.05) is 0 Å². The van der Waals surface area contributed by atoms with Crippen LogP contribution in [0.5, 0.6) is 0 Å². The minimum absolute atomic E-state index is 0.680. The van der Waals surface area contributed by atoms with Crippen molar-refractivity contribution in [2.24, 2.45) is 4.99 Å². The van der Waals surface area contributed by atoms with Crippen molar-refractivity contribution in [3.63, 3.8) is 0 Å². The third-order valence-corrected chi connectivity index (χ3v) is 1.53. The zero-order valence-electron chi connectivity index (χ0n) is 6.09. The molecule has 1 heterocycles. The standard InChI is InChI=1S/C8H10N2/c1-2-7-4-3-5-8(6-9)10-7/h4H,2-3,5H2,1H3. The first kappa shape index (κ1) is 7.01. The van der Waals surface area contributed by atoms with Gasteiger partial charge in [-0.15, -0.1) is 0 Å². The second kappa shape index (κ2) is 3.17. The molecule has 0 fully saturated rings. The number of nitriles is 1. The summed E-state index contributed by atoms with van der Waals surface area (Å²) in [4.78, 5) is 4.14. The minimum Gasteiger partial charge on any atom is -0.247 e. The molecule has 0 amide bonds. The van der Waals surface area contributed by atoms with Gasteiger partial charge in [0.15, 0.2) is 0 Å². The highest BCUT2D eigenvalue weighted by Gasteiger charge is 2.03. The van der Waals surface area contributed by atoms with E-state index in [-0.39, 0.29) is 0 Å². The van der Waals surface area contributed by atoms with Crippen molar-refractivity contribution < 1.29 is 0 Å². The summed E-state index contributed by atoms with van der Waals surface area (Å²) in [6.07, 6.45) is 4.83. The maximum Gasteiger partial charge on any atom is 0.118 e. The van der Waals surface area contributed by atoms with E-state index in [0.29, 0.717) is 5.71 Å². The van der Waals surface area contributed by atoms with Gasteiger partial charge >= 0.3 is 0 Å². The molecule has 1 rings (SSSR count). The lowest BCUT2D eigenvalue weighted by Gasteiger charge is -2.04. The molecule has 1 aliphatic heterocycles. The number of hydrogen-bond donors (Lipinski definition) is 0. The lowest BCUT2D eigenvalue weighted by molar-refractivity contribution is 0.964. The predicted molar refractivity (Wildman–Crippen MR) is 40.7 cm³/mol. The van der Waals surface area contributed by atoms with Crippen LogP contribution < -0.4 is 0 Å². The van der Waals surface area contributed by atoms with Crippen molar-refractivity contribution in [1.82, 2.24) is 0 Å². The molecular formula is C8H10N2. The van der Waals surface area contributed by atoms with Crippen LogP contribution in [0.4, 0.5) is 0 Å². The summed E-state index contributed by atoms with van der Waals surface area (Å²) in [5, 5.41) is 8.50. The molecule has 2 heteroatoms. The summed E-state index contributed by atoms with van der Waals surface area (Å²) < 4.78 is 0. The second-order valence-corrected chi connectivity index (χ2v) is 2.26. The van der Waals surface area contributed by atoms with Crippen LogP contribution in [-0.4, -0.2) is 5.71 Å². The fourth-order valence-electron chi connectivity index (χ4n) is 0.955. The van der Waals surface area contributed by atoms with Crippen molar-refractivity contribution in [3.8, 4) is 6.07 Å². The van der Waals surface area contributed by atoms with Gasteiger partial charge in [0.2, 0.25) is 0 Å². The highest BCUT2D eigenvalue weighted by molar-refractivity contribution is 5.99.